The van der Waals surface area contributed by atoms with E-state index in [2.05, 4.69) is 137 Å². The zero-order valence-corrected chi connectivity index (χ0v) is 23.9. The number of benzene rings is 7. The molecule has 0 aliphatic rings. The topological polar surface area (TPSA) is 32.0 Å². The van der Waals surface area contributed by atoms with Crippen molar-refractivity contribution in [2.24, 2.45) is 0 Å². The maximum atomic E-state index is 9.27. The molecule has 0 radical (unpaired) electrons. The molecule has 206 valence electrons. The monoisotopic (exact) mass is 561 g/mol. The minimum Gasteiger partial charge on any atom is -0.311 e. The molecule has 44 heavy (non-hydrogen) atoms. The van der Waals surface area contributed by atoms with Gasteiger partial charge in [0.05, 0.1) is 22.7 Å². The van der Waals surface area contributed by atoms with Crippen molar-refractivity contribution in [3.8, 4) is 11.8 Å². The molecule has 0 spiro atoms. The molecule has 1 aromatic heterocycles. The Hall–Kier alpha value is -6.11. The molecule has 0 saturated carbocycles. The molecule has 1 heterocycles. The molecular weight excluding hydrogens is 534 g/mol. The minimum absolute atomic E-state index is 0.648. The van der Waals surface area contributed by atoms with E-state index in [0.717, 1.165) is 28.2 Å². The second kappa shape index (κ2) is 10.6. The molecule has 0 bridgehead atoms. The predicted molar refractivity (Wildman–Crippen MR) is 184 cm³/mol. The number of nitriles is 1. The number of rotatable bonds is 6. The summed E-state index contributed by atoms with van der Waals surface area (Å²) in [6, 6.07) is 55.1. The van der Waals surface area contributed by atoms with Crippen LogP contribution in [0.2, 0.25) is 0 Å². The summed E-state index contributed by atoms with van der Waals surface area (Å²) in [5.41, 5.74) is 9.67. The zero-order valence-electron chi connectivity index (χ0n) is 23.9. The molecule has 0 saturated heterocycles. The van der Waals surface area contributed by atoms with Gasteiger partial charge in [0, 0.05) is 33.5 Å². The summed E-state index contributed by atoms with van der Waals surface area (Å²) in [6.07, 6.45) is 4.39. The molecule has 0 atom stereocenters. The van der Waals surface area contributed by atoms with Gasteiger partial charge in [0.25, 0.3) is 0 Å². The second-order valence-electron chi connectivity index (χ2n) is 11.0. The lowest BCUT2D eigenvalue weighted by atomic mass is 10.00. The van der Waals surface area contributed by atoms with Crippen LogP contribution in [-0.4, -0.2) is 4.57 Å². The Labute approximate surface area is 256 Å². The van der Waals surface area contributed by atoms with Crippen LogP contribution in [-0.2, 0) is 0 Å². The van der Waals surface area contributed by atoms with E-state index in [1.807, 2.05) is 42.5 Å². The molecule has 3 nitrogen and oxygen atoms in total. The Morgan fingerprint density at radius 2 is 1.11 bits per heavy atom. The van der Waals surface area contributed by atoms with Gasteiger partial charge in [-0.3, -0.25) is 0 Å². The highest BCUT2D eigenvalue weighted by Gasteiger charge is 2.17. The van der Waals surface area contributed by atoms with Crippen molar-refractivity contribution in [3.63, 3.8) is 0 Å². The Morgan fingerprint density at radius 1 is 0.500 bits per heavy atom. The maximum absolute atomic E-state index is 9.27. The summed E-state index contributed by atoms with van der Waals surface area (Å²) in [5, 5.41) is 14.4. The smallest absolute Gasteiger partial charge is 0.0991 e. The maximum Gasteiger partial charge on any atom is 0.0991 e. The first-order chi connectivity index (χ1) is 21.8. The van der Waals surface area contributed by atoms with Gasteiger partial charge in [0.1, 0.15) is 0 Å². The van der Waals surface area contributed by atoms with Crippen LogP contribution in [0.25, 0.3) is 50.4 Å². The van der Waals surface area contributed by atoms with Gasteiger partial charge in [-0.05, 0) is 101 Å². The third-order valence-electron chi connectivity index (χ3n) is 8.32. The van der Waals surface area contributed by atoms with Crippen molar-refractivity contribution in [2.75, 3.05) is 4.90 Å². The van der Waals surface area contributed by atoms with Gasteiger partial charge in [-0.15, -0.1) is 0 Å². The molecule has 0 aliphatic carbocycles. The second-order valence-corrected chi connectivity index (χ2v) is 11.0. The quantitative estimate of drug-likeness (QED) is 0.149. The molecular formula is C41H27N3. The van der Waals surface area contributed by atoms with Gasteiger partial charge in [0.15, 0.2) is 0 Å². The summed E-state index contributed by atoms with van der Waals surface area (Å²) in [7, 11) is 0. The average molecular weight is 562 g/mol. The van der Waals surface area contributed by atoms with Crippen LogP contribution in [0.4, 0.5) is 17.1 Å². The van der Waals surface area contributed by atoms with Crippen molar-refractivity contribution in [2.45, 2.75) is 0 Å². The largest absolute Gasteiger partial charge is 0.311 e. The lowest BCUT2D eigenvalue weighted by molar-refractivity contribution is 1.18. The van der Waals surface area contributed by atoms with Gasteiger partial charge in [-0.1, -0.05) is 84.9 Å². The summed E-state index contributed by atoms with van der Waals surface area (Å²) in [4.78, 5) is 2.20. The van der Waals surface area contributed by atoms with Crippen LogP contribution < -0.4 is 4.90 Å². The highest BCUT2D eigenvalue weighted by atomic mass is 15.1. The van der Waals surface area contributed by atoms with Gasteiger partial charge >= 0.3 is 0 Å². The molecule has 3 heteroatoms. The molecule has 0 amide bonds. The molecule has 0 unspecified atom stereocenters. The van der Waals surface area contributed by atoms with Gasteiger partial charge in [-0.2, -0.15) is 5.26 Å². The Morgan fingerprint density at radius 3 is 1.84 bits per heavy atom. The van der Waals surface area contributed by atoms with E-state index in [0.29, 0.717) is 5.56 Å². The van der Waals surface area contributed by atoms with E-state index in [4.69, 9.17) is 0 Å². The number of hydrogen-bond donors (Lipinski definition) is 0. The zero-order chi connectivity index (χ0) is 29.5. The minimum atomic E-state index is 0.648. The number of anilines is 3. The van der Waals surface area contributed by atoms with E-state index in [-0.39, 0.29) is 0 Å². The van der Waals surface area contributed by atoms with Gasteiger partial charge < -0.3 is 9.47 Å². The number of para-hydroxylation sites is 2. The lowest BCUT2D eigenvalue weighted by Gasteiger charge is -2.25. The first-order valence-electron chi connectivity index (χ1n) is 14.7. The van der Waals surface area contributed by atoms with Crippen LogP contribution in [0.1, 0.15) is 16.7 Å². The SMILES string of the molecule is N#Cc1ccc(N(c2ccccc2)c2ccc(C=Cc3cc4ccc5cccc6c5c4c(c3)n6-c3ccccc3)cc2)cc1. The van der Waals surface area contributed by atoms with E-state index in [1.165, 1.54) is 38.3 Å². The summed E-state index contributed by atoms with van der Waals surface area (Å²) < 4.78 is 2.39. The van der Waals surface area contributed by atoms with Crippen LogP contribution in [0.5, 0.6) is 0 Å². The fourth-order valence-electron chi connectivity index (χ4n) is 6.30. The fourth-order valence-corrected chi connectivity index (χ4v) is 6.30. The van der Waals surface area contributed by atoms with E-state index in [1.54, 1.807) is 0 Å². The average Bonchev–Trinajstić information content (AvgIpc) is 3.43. The molecule has 7 aromatic carbocycles. The Kier molecular flexibility index (Phi) is 6.18. The standard InChI is InChI=1S/C41H27N3/c42-28-30-18-24-37(25-19-30)43(34-9-3-1-4-10-34)36-22-16-29(17-23-36)14-15-31-26-33-21-20-32-8-7-13-38-40(32)41(33)39(27-31)44(38)35-11-5-2-6-12-35/h1-27H. The normalized spacial score (nSPS) is 11.5. The van der Waals surface area contributed by atoms with Gasteiger partial charge in [0.2, 0.25) is 0 Å². The first-order valence-corrected chi connectivity index (χ1v) is 14.7. The molecule has 0 N–H and O–H groups in total. The van der Waals surface area contributed by atoms with E-state index in [9.17, 15) is 5.26 Å². The Balaban J connectivity index is 1.17. The highest BCUT2D eigenvalue weighted by molar-refractivity contribution is 6.24. The number of aromatic nitrogens is 1. The number of nitrogens with zero attached hydrogens (tertiary/aromatic N) is 3. The van der Waals surface area contributed by atoms with Crippen molar-refractivity contribution < 1.29 is 0 Å². The van der Waals surface area contributed by atoms with Crippen molar-refractivity contribution in [1.82, 2.24) is 4.57 Å². The highest BCUT2D eigenvalue weighted by Crippen LogP contribution is 2.40. The lowest BCUT2D eigenvalue weighted by Crippen LogP contribution is -2.09. The summed E-state index contributed by atoms with van der Waals surface area (Å²) in [6.45, 7) is 0. The van der Waals surface area contributed by atoms with Crippen LogP contribution >= 0.6 is 0 Å². The predicted octanol–water partition coefficient (Wildman–Crippen LogP) is 10.9. The van der Waals surface area contributed by atoms with Crippen molar-refractivity contribution in [1.29, 1.82) is 5.26 Å². The molecule has 8 rings (SSSR count). The fraction of sp³-hybridized carbons (Fsp3) is 0. The van der Waals surface area contributed by atoms with Crippen molar-refractivity contribution in [3.05, 3.63) is 168 Å². The Bertz CT molecular complexity index is 2310. The molecule has 8 aromatic rings. The van der Waals surface area contributed by atoms with E-state index < -0.39 is 0 Å². The summed E-state index contributed by atoms with van der Waals surface area (Å²) in [5.74, 6) is 0. The van der Waals surface area contributed by atoms with Crippen molar-refractivity contribution >= 4 is 61.8 Å². The van der Waals surface area contributed by atoms with Crippen LogP contribution in [0.15, 0.2) is 152 Å². The van der Waals surface area contributed by atoms with Gasteiger partial charge in [-0.25, -0.2) is 0 Å². The van der Waals surface area contributed by atoms with Crippen LogP contribution in [0.3, 0.4) is 0 Å². The van der Waals surface area contributed by atoms with Crippen LogP contribution in [0, 0.1) is 11.3 Å². The first kappa shape index (κ1) is 25.6. The molecule has 0 fully saturated rings. The van der Waals surface area contributed by atoms with E-state index >= 15 is 0 Å². The number of hydrogen-bond acceptors (Lipinski definition) is 2. The third kappa shape index (κ3) is 4.38. The molecule has 0 aliphatic heterocycles. The third-order valence-corrected chi connectivity index (χ3v) is 8.32. The summed E-state index contributed by atoms with van der Waals surface area (Å²) >= 11 is 0.